The molecular weight excluding hydrogens is 262 g/mol. The fraction of sp³-hybridized carbons (Fsp3) is 0.467. The summed E-state index contributed by atoms with van der Waals surface area (Å²) in [4.78, 5) is 24.1. The molecule has 0 radical (unpaired) electrons. The van der Waals surface area contributed by atoms with Crippen molar-refractivity contribution in [1.82, 2.24) is 5.32 Å². The highest BCUT2D eigenvalue weighted by Crippen LogP contribution is 2.18. The number of rotatable bonds is 4. The van der Waals surface area contributed by atoms with Crippen molar-refractivity contribution in [3.05, 3.63) is 34.9 Å². The Labute approximate surface area is 118 Å². The van der Waals surface area contributed by atoms with E-state index in [1.165, 1.54) is 0 Å². The Morgan fingerprint density at radius 1 is 1.16 bits per heavy atom. The summed E-state index contributed by atoms with van der Waals surface area (Å²) in [6.07, 6.45) is 2.74. The molecule has 0 aromatic heterocycles. The lowest BCUT2D eigenvalue weighted by atomic mass is 9.91. The van der Waals surface area contributed by atoms with E-state index in [0.29, 0.717) is 10.6 Å². The van der Waals surface area contributed by atoms with Gasteiger partial charge in [0.1, 0.15) is 5.78 Å². The van der Waals surface area contributed by atoms with Crippen molar-refractivity contribution in [2.45, 2.75) is 25.7 Å². The Hall–Kier alpha value is -1.19. The molecule has 1 heterocycles. The summed E-state index contributed by atoms with van der Waals surface area (Å²) in [6.45, 7) is 1.83. The maximum absolute atomic E-state index is 12.1. The van der Waals surface area contributed by atoms with Gasteiger partial charge >= 0.3 is 0 Å². The first-order chi connectivity index (χ1) is 9.16. The number of hydrogen-bond donors (Lipinski definition) is 1. The van der Waals surface area contributed by atoms with Crippen LogP contribution in [0.2, 0.25) is 5.02 Å². The number of benzene rings is 1. The third kappa shape index (κ3) is 4.15. The van der Waals surface area contributed by atoms with Gasteiger partial charge in [0, 0.05) is 16.5 Å². The largest absolute Gasteiger partial charge is 0.317 e. The molecule has 0 saturated carbocycles. The Morgan fingerprint density at radius 2 is 1.89 bits per heavy atom. The zero-order valence-corrected chi connectivity index (χ0v) is 11.6. The molecule has 1 unspecified atom stereocenters. The highest BCUT2D eigenvalue weighted by Gasteiger charge is 2.22. The second-order valence-electron chi connectivity index (χ2n) is 4.95. The van der Waals surface area contributed by atoms with E-state index in [1.54, 1.807) is 24.3 Å². The normalized spacial score (nSPS) is 19.7. The summed E-state index contributed by atoms with van der Waals surface area (Å²) in [5, 5.41) is 3.87. The molecule has 0 spiro atoms. The molecule has 0 amide bonds. The molecule has 4 heteroatoms. The minimum Gasteiger partial charge on any atom is -0.317 e. The first-order valence-corrected chi connectivity index (χ1v) is 7.07. The van der Waals surface area contributed by atoms with Gasteiger partial charge in [-0.3, -0.25) is 9.59 Å². The molecule has 1 fully saturated rings. The molecule has 1 atom stereocenters. The smallest absolute Gasteiger partial charge is 0.170 e. The lowest BCUT2D eigenvalue weighted by Gasteiger charge is -2.11. The molecule has 0 bridgehead atoms. The van der Waals surface area contributed by atoms with E-state index in [1.807, 2.05) is 0 Å². The van der Waals surface area contributed by atoms with E-state index < -0.39 is 0 Å². The molecule has 1 N–H and O–H groups in total. The summed E-state index contributed by atoms with van der Waals surface area (Å²) in [5.74, 6) is -0.00577. The van der Waals surface area contributed by atoms with Crippen molar-refractivity contribution in [1.29, 1.82) is 0 Å². The second kappa shape index (κ2) is 6.83. The van der Waals surface area contributed by atoms with Gasteiger partial charge in [-0.1, -0.05) is 11.6 Å². The highest BCUT2D eigenvalue weighted by molar-refractivity contribution is 6.30. The van der Waals surface area contributed by atoms with Crippen LogP contribution in [0.15, 0.2) is 24.3 Å². The molecule has 1 aliphatic heterocycles. The molecular formula is C15H18ClNO2. The predicted molar refractivity (Wildman–Crippen MR) is 75.6 cm³/mol. The number of carbonyl (C=O) groups excluding carboxylic acids is 2. The van der Waals surface area contributed by atoms with E-state index in [4.69, 9.17) is 11.6 Å². The number of halogens is 1. The fourth-order valence-corrected chi connectivity index (χ4v) is 2.51. The van der Waals surface area contributed by atoms with E-state index in [0.717, 1.165) is 32.4 Å². The van der Waals surface area contributed by atoms with Crippen LogP contribution in [0.3, 0.4) is 0 Å². The van der Waals surface area contributed by atoms with Crippen molar-refractivity contribution in [2.24, 2.45) is 5.92 Å². The third-order valence-electron chi connectivity index (χ3n) is 3.53. The first kappa shape index (κ1) is 14.2. The minimum atomic E-state index is -0.112. The molecule has 1 aliphatic rings. The Balaban J connectivity index is 1.94. The van der Waals surface area contributed by atoms with Crippen LogP contribution in [0.25, 0.3) is 0 Å². The molecule has 19 heavy (non-hydrogen) atoms. The topological polar surface area (TPSA) is 46.2 Å². The standard InChI is InChI=1S/C15H18ClNO2/c16-13-5-3-12(4-6-13)15(19)10-14(18)11-2-1-8-17-9-7-11/h3-6,11,17H,1-2,7-10H2. The SMILES string of the molecule is O=C(CC(=O)C1CCCNCC1)c1ccc(Cl)cc1. The van der Waals surface area contributed by atoms with Crippen molar-refractivity contribution < 1.29 is 9.59 Å². The van der Waals surface area contributed by atoms with Gasteiger partial charge in [0.15, 0.2) is 5.78 Å². The molecule has 2 rings (SSSR count). The summed E-state index contributed by atoms with van der Waals surface area (Å²) >= 11 is 5.78. The second-order valence-corrected chi connectivity index (χ2v) is 5.39. The van der Waals surface area contributed by atoms with Crippen molar-refractivity contribution in [2.75, 3.05) is 13.1 Å². The third-order valence-corrected chi connectivity index (χ3v) is 3.78. The number of carbonyl (C=O) groups is 2. The summed E-state index contributed by atoms with van der Waals surface area (Å²) < 4.78 is 0. The molecule has 1 aromatic rings. The van der Waals surface area contributed by atoms with Crippen molar-refractivity contribution >= 4 is 23.2 Å². The van der Waals surface area contributed by atoms with Crippen LogP contribution < -0.4 is 5.32 Å². The van der Waals surface area contributed by atoms with Gasteiger partial charge in [-0.25, -0.2) is 0 Å². The quantitative estimate of drug-likeness (QED) is 0.681. The van der Waals surface area contributed by atoms with Gasteiger partial charge < -0.3 is 5.32 Å². The van der Waals surface area contributed by atoms with Crippen molar-refractivity contribution in [3.8, 4) is 0 Å². The van der Waals surface area contributed by atoms with Crippen LogP contribution in [0.5, 0.6) is 0 Å². The summed E-state index contributed by atoms with van der Waals surface area (Å²) in [5.41, 5.74) is 0.560. The lowest BCUT2D eigenvalue weighted by Crippen LogP contribution is -2.20. The van der Waals surface area contributed by atoms with Gasteiger partial charge in [0.25, 0.3) is 0 Å². The highest BCUT2D eigenvalue weighted by atomic mass is 35.5. The van der Waals surface area contributed by atoms with E-state index in [-0.39, 0.29) is 23.9 Å². The molecule has 3 nitrogen and oxygen atoms in total. The molecule has 1 aromatic carbocycles. The van der Waals surface area contributed by atoms with Gasteiger partial charge in [-0.15, -0.1) is 0 Å². The maximum Gasteiger partial charge on any atom is 0.170 e. The average molecular weight is 280 g/mol. The minimum absolute atomic E-state index is 0.00625. The molecule has 102 valence electrons. The van der Waals surface area contributed by atoms with Gasteiger partial charge in [0.05, 0.1) is 6.42 Å². The number of hydrogen-bond acceptors (Lipinski definition) is 3. The van der Waals surface area contributed by atoms with E-state index >= 15 is 0 Å². The van der Waals surface area contributed by atoms with Crippen LogP contribution in [0.4, 0.5) is 0 Å². The maximum atomic E-state index is 12.1. The lowest BCUT2D eigenvalue weighted by molar-refractivity contribution is -0.122. The summed E-state index contributed by atoms with van der Waals surface area (Å²) in [7, 11) is 0. The van der Waals surface area contributed by atoms with Gasteiger partial charge in [-0.2, -0.15) is 0 Å². The van der Waals surface area contributed by atoms with Crippen LogP contribution >= 0.6 is 11.6 Å². The zero-order chi connectivity index (χ0) is 13.7. The Kier molecular flexibility index (Phi) is 5.11. The monoisotopic (exact) mass is 279 g/mol. The van der Waals surface area contributed by atoms with E-state index in [2.05, 4.69) is 5.32 Å². The number of Topliss-reactive ketones (excluding diaryl/α,β-unsaturated/α-hetero) is 2. The molecule has 0 aliphatic carbocycles. The zero-order valence-electron chi connectivity index (χ0n) is 10.8. The fourth-order valence-electron chi connectivity index (χ4n) is 2.38. The first-order valence-electron chi connectivity index (χ1n) is 6.69. The molecule has 1 saturated heterocycles. The number of nitrogens with one attached hydrogen (secondary N) is 1. The van der Waals surface area contributed by atoms with Gasteiger partial charge in [-0.05, 0) is 56.6 Å². The van der Waals surface area contributed by atoms with Crippen molar-refractivity contribution in [3.63, 3.8) is 0 Å². The van der Waals surface area contributed by atoms with Crippen LogP contribution in [-0.4, -0.2) is 24.7 Å². The predicted octanol–water partition coefficient (Wildman–Crippen LogP) is 2.87. The summed E-state index contributed by atoms with van der Waals surface area (Å²) in [6, 6.07) is 6.70. The van der Waals surface area contributed by atoms with Crippen LogP contribution in [0, 0.1) is 5.92 Å². The van der Waals surface area contributed by atoms with Crippen LogP contribution in [0.1, 0.15) is 36.0 Å². The number of ketones is 2. The van der Waals surface area contributed by atoms with Crippen LogP contribution in [-0.2, 0) is 4.79 Å². The average Bonchev–Trinajstić information content (AvgIpc) is 2.68. The van der Waals surface area contributed by atoms with E-state index in [9.17, 15) is 9.59 Å². The van der Waals surface area contributed by atoms with Gasteiger partial charge in [0.2, 0.25) is 0 Å². The Morgan fingerprint density at radius 3 is 2.63 bits per heavy atom. The Bertz CT molecular complexity index is 448.